The largest absolute Gasteiger partial charge is 0.490 e. The third-order valence-electron chi connectivity index (χ3n) is 6.30. The van der Waals surface area contributed by atoms with E-state index in [4.69, 9.17) is 9.47 Å². The Kier molecular flexibility index (Phi) is 9.46. The summed E-state index contributed by atoms with van der Waals surface area (Å²) in [6.07, 6.45) is 9.47. The van der Waals surface area contributed by atoms with Gasteiger partial charge >= 0.3 is 0 Å². The SMILES string of the molecule is CCCCCOc1ccc(-c2ccc(C3CCC(CCCCC)OC3)c(F)c2)c(F)c1F. The molecule has 0 saturated carbocycles. The molecule has 1 aliphatic heterocycles. The van der Waals surface area contributed by atoms with Gasteiger partial charge in [0.2, 0.25) is 5.82 Å². The Balaban J connectivity index is 1.66. The number of unbranched alkanes of at least 4 members (excludes halogenated alkanes) is 4. The van der Waals surface area contributed by atoms with E-state index in [2.05, 4.69) is 13.8 Å². The van der Waals surface area contributed by atoms with Crippen molar-refractivity contribution in [1.82, 2.24) is 0 Å². The fraction of sp³-hybridized carbons (Fsp3) is 0.556. The first-order chi connectivity index (χ1) is 15.5. The van der Waals surface area contributed by atoms with E-state index in [0.717, 1.165) is 38.5 Å². The molecule has 176 valence electrons. The van der Waals surface area contributed by atoms with Crippen LogP contribution >= 0.6 is 0 Å². The predicted molar refractivity (Wildman–Crippen MR) is 123 cm³/mol. The van der Waals surface area contributed by atoms with E-state index in [-0.39, 0.29) is 23.3 Å². The van der Waals surface area contributed by atoms with Crippen molar-refractivity contribution in [2.45, 2.75) is 83.7 Å². The summed E-state index contributed by atoms with van der Waals surface area (Å²) in [6, 6.07) is 7.50. The number of hydrogen-bond acceptors (Lipinski definition) is 2. The van der Waals surface area contributed by atoms with Crippen molar-refractivity contribution in [3.05, 3.63) is 53.3 Å². The molecule has 0 amide bonds. The van der Waals surface area contributed by atoms with E-state index in [1.54, 1.807) is 12.1 Å². The maximum Gasteiger partial charge on any atom is 0.201 e. The van der Waals surface area contributed by atoms with Gasteiger partial charge in [-0.25, -0.2) is 8.78 Å². The minimum absolute atomic E-state index is 0.00745. The molecule has 0 aliphatic carbocycles. The van der Waals surface area contributed by atoms with Crippen LogP contribution in [-0.2, 0) is 4.74 Å². The lowest BCUT2D eigenvalue weighted by Gasteiger charge is -2.29. The van der Waals surface area contributed by atoms with Gasteiger partial charge in [0, 0.05) is 11.5 Å². The average molecular weight is 449 g/mol. The van der Waals surface area contributed by atoms with Crippen LogP contribution in [0.4, 0.5) is 13.2 Å². The highest BCUT2D eigenvalue weighted by atomic mass is 19.2. The van der Waals surface area contributed by atoms with E-state index in [1.165, 1.54) is 37.5 Å². The molecule has 2 nitrogen and oxygen atoms in total. The molecule has 0 bridgehead atoms. The van der Waals surface area contributed by atoms with E-state index >= 15 is 0 Å². The molecule has 0 radical (unpaired) electrons. The summed E-state index contributed by atoms with van der Waals surface area (Å²) in [5, 5.41) is 0. The normalized spacial score (nSPS) is 18.7. The second-order valence-corrected chi connectivity index (χ2v) is 8.76. The van der Waals surface area contributed by atoms with Gasteiger partial charge in [0.25, 0.3) is 0 Å². The topological polar surface area (TPSA) is 18.5 Å². The Morgan fingerprint density at radius 3 is 2.38 bits per heavy atom. The van der Waals surface area contributed by atoms with Gasteiger partial charge in [0.05, 0.1) is 19.3 Å². The van der Waals surface area contributed by atoms with Crippen LogP contribution in [0.25, 0.3) is 11.1 Å². The molecule has 0 spiro atoms. The standard InChI is InChI=1S/C27H35F3O2/c1-3-5-7-9-21-12-10-20(18-32-21)22-13-11-19(17-24(22)28)23-14-15-25(27(30)26(23)29)31-16-8-6-4-2/h11,13-15,17,20-21H,3-10,12,16,18H2,1-2H3. The first-order valence-corrected chi connectivity index (χ1v) is 12.1. The summed E-state index contributed by atoms with van der Waals surface area (Å²) in [6.45, 7) is 5.09. The number of rotatable bonds is 11. The first-order valence-electron chi connectivity index (χ1n) is 12.1. The lowest BCUT2D eigenvalue weighted by atomic mass is 9.88. The van der Waals surface area contributed by atoms with Crippen LogP contribution in [0.2, 0.25) is 0 Å². The predicted octanol–water partition coefficient (Wildman–Crippen LogP) is 8.18. The molecule has 0 N–H and O–H groups in total. The van der Waals surface area contributed by atoms with Crippen molar-refractivity contribution in [3.63, 3.8) is 0 Å². The first kappa shape index (κ1) is 24.6. The summed E-state index contributed by atoms with van der Waals surface area (Å²) < 4.78 is 55.4. The molecular weight excluding hydrogens is 413 g/mol. The molecule has 1 heterocycles. The molecule has 32 heavy (non-hydrogen) atoms. The molecule has 1 fully saturated rings. The lowest BCUT2D eigenvalue weighted by Crippen LogP contribution is -2.25. The van der Waals surface area contributed by atoms with E-state index in [0.29, 0.717) is 24.3 Å². The summed E-state index contributed by atoms with van der Waals surface area (Å²) in [7, 11) is 0. The molecule has 3 rings (SSSR count). The maximum absolute atomic E-state index is 14.9. The zero-order valence-corrected chi connectivity index (χ0v) is 19.3. The van der Waals surface area contributed by atoms with E-state index in [1.807, 2.05) is 0 Å². The highest BCUT2D eigenvalue weighted by Crippen LogP contribution is 2.35. The van der Waals surface area contributed by atoms with Crippen molar-refractivity contribution < 1.29 is 22.6 Å². The van der Waals surface area contributed by atoms with Gasteiger partial charge < -0.3 is 9.47 Å². The number of hydrogen-bond donors (Lipinski definition) is 0. The van der Waals surface area contributed by atoms with Gasteiger partial charge in [-0.15, -0.1) is 0 Å². The van der Waals surface area contributed by atoms with Crippen molar-refractivity contribution >= 4 is 0 Å². The summed E-state index contributed by atoms with van der Waals surface area (Å²) >= 11 is 0. The Morgan fingerprint density at radius 1 is 0.906 bits per heavy atom. The summed E-state index contributed by atoms with van der Waals surface area (Å²) in [5.41, 5.74) is 0.927. The van der Waals surface area contributed by atoms with Crippen molar-refractivity contribution in [2.75, 3.05) is 13.2 Å². The van der Waals surface area contributed by atoms with Crippen LogP contribution < -0.4 is 4.74 Å². The molecular formula is C27H35F3O2. The quantitative estimate of drug-likeness (QED) is 0.323. The van der Waals surface area contributed by atoms with Crippen LogP contribution in [0.5, 0.6) is 5.75 Å². The summed E-state index contributed by atoms with van der Waals surface area (Å²) in [4.78, 5) is 0. The highest BCUT2D eigenvalue weighted by molar-refractivity contribution is 5.66. The van der Waals surface area contributed by atoms with Crippen LogP contribution in [-0.4, -0.2) is 19.3 Å². The number of halogens is 3. The zero-order chi connectivity index (χ0) is 22.9. The van der Waals surface area contributed by atoms with Crippen LogP contribution in [0, 0.1) is 17.5 Å². The van der Waals surface area contributed by atoms with Crippen LogP contribution in [0.1, 0.15) is 83.1 Å². The molecule has 5 heteroatoms. The molecule has 1 saturated heterocycles. The second kappa shape index (κ2) is 12.3. The zero-order valence-electron chi connectivity index (χ0n) is 19.3. The van der Waals surface area contributed by atoms with Gasteiger partial charge in [0.1, 0.15) is 5.82 Å². The monoisotopic (exact) mass is 448 g/mol. The third-order valence-corrected chi connectivity index (χ3v) is 6.30. The maximum atomic E-state index is 14.9. The molecule has 2 unspecified atom stereocenters. The minimum atomic E-state index is -1.03. The van der Waals surface area contributed by atoms with Crippen molar-refractivity contribution in [3.8, 4) is 16.9 Å². The van der Waals surface area contributed by atoms with Crippen molar-refractivity contribution in [1.29, 1.82) is 0 Å². The Labute approximate surface area is 190 Å². The lowest BCUT2D eigenvalue weighted by molar-refractivity contribution is -0.00267. The Hall–Kier alpha value is -2.01. The minimum Gasteiger partial charge on any atom is -0.490 e. The third kappa shape index (κ3) is 6.28. The van der Waals surface area contributed by atoms with Crippen LogP contribution in [0.3, 0.4) is 0 Å². The highest BCUT2D eigenvalue weighted by Gasteiger charge is 2.25. The van der Waals surface area contributed by atoms with E-state index in [9.17, 15) is 13.2 Å². The fourth-order valence-corrected chi connectivity index (χ4v) is 4.33. The van der Waals surface area contributed by atoms with Gasteiger partial charge in [0.15, 0.2) is 11.6 Å². The van der Waals surface area contributed by atoms with Gasteiger partial charge in [-0.3, -0.25) is 0 Å². The van der Waals surface area contributed by atoms with Crippen LogP contribution in [0.15, 0.2) is 30.3 Å². The molecule has 2 atom stereocenters. The number of ether oxygens (including phenoxy) is 2. The van der Waals surface area contributed by atoms with Gasteiger partial charge in [-0.05, 0) is 55.0 Å². The molecule has 2 aromatic rings. The second-order valence-electron chi connectivity index (χ2n) is 8.76. The molecule has 0 aromatic heterocycles. The molecule has 2 aromatic carbocycles. The van der Waals surface area contributed by atoms with E-state index < -0.39 is 17.5 Å². The summed E-state index contributed by atoms with van der Waals surface area (Å²) in [5.74, 6) is -2.56. The fourth-order valence-electron chi connectivity index (χ4n) is 4.33. The Morgan fingerprint density at radius 2 is 1.69 bits per heavy atom. The van der Waals surface area contributed by atoms with Crippen molar-refractivity contribution in [2.24, 2.45) is 0 Å². The average Bonchev–Trinajstić information content (AvgIpc) is 2.80. The van der Waals surface area contributed by atoms with Gasteiger partial charge in [-0.2, -0.15) is 4.39 Å². The molecule has 1 aliphatic rings. The Bertz CT molecular complexity index is 860. The smallest absolute Gasteiger partial charge is 0.201 e. The number of benzene rings is 2. The van der Waals surface area contributed by atoms with Gasteiger partial charge in [-0.1, -0.05) is 58.1 Å².